The summed E-state index contributed by atoms with van der Waals surface area (Å²) in [6, 6.07) is 9.80. The molecule has 0 aliphatic rings. The average molecular weight is 310 g/mol. The van der Waals surface area contributed by atoms with Crippen molar-refractivity contribution in [3.63, 3.8) is 0 Å². The molecule has 0 unspecified atom stereocenters. The van der Waals surface area contributed by atoms with Crippen LogP contribution in [0.5, 0.6) is 5.88 Å². The quantitative estimate of drug-likeness (QED) is 0.809. The molecule has 0 spiro atoms. The van der Waals surface area contributed by atoms with Crippen molar-refractivity contribution in [3.05, 3.63) is 58.3 Å². The van der Waals surface area contributed by atoms with Gasteiger partial charge in [0, 0.05) is 5.69 Å². The summed E-state index contributed by atoms with van der Waals surface area (Å²) in [5, 5.41) is 9.20. The van der Waals surface area contributed by atoms with Gasteiger partial charge in [-0.1, -0.05) is 12.1 Å². The molecule has 2 rings (SSSR count). The largest absolute Gasteiger partial charge is 0.465 e. The number of aromatic nitrogens is 1. The Balaban J connectivity index is 2.42. The minimum Gasteiger partial charge on any atom is -0.465 e. The summed E-state index contributed by atoms with van der Waals surface area (Å²) in [7, 11) is 1.23. The van der Waals surface area contributed by atoms with Crippen molar-refractivity contribution in [3.8, 4) is 11.9 Å². The van der Waals surface area contributed by atoms with E-state index in [1.54, 1.807) is 32.0 Å². The van der Waals surface area contributed by atoms with E-state index in [0.29, 0.717) is 11.3 Å². The van der Waals surface area contributed by atoms with E-state index in [1.807, 2.05) is 6.07 Å². The molecule has 1 aromatic heterocycles. The standard InChI is InChI=1S/C17H14N2O4/c1-10-8-11(2)19-15(14(10)9-18)23-17(21)13-7-5-4-6-12(13)16(20)22-3/h4-8H,1-3H3. The summed E-state index contributed by atoms with van der Waals surface area (Å²) in [5.41, 5.74) is 1.58. The Hall–Kier alpha value is -3.20. The lowest BCUT2D eigenvalue weighted by Crippen LogP contribution is -2.16. The molecule has 0 aliphatic carbocycles. The molecule has 0 atom stereocenters. The molecule has 23 heavy (non-hydrogen) atoms. The molecule has 0 aliphatic heterocycles. The van der Waals surface area contributed by atoms with Crippen molar-refractivity contribution < 1.29 is 19.1 Å². The van der Waals surface area contributed by atoms with E-state index in [-0.39, 0.29) is 22.6 Å². The number of carbonyl (C=O) groups is 2. The van der Waals surface area contributed by atoms with Crippen LogP contribution in [0.2, 0.25) is 0 Å². The van der Waals surface area contributed by atoms with E-state index in [4.69, 9.17) is 4.74 Å². The number of carbonyl (C=O) groups excluding carboxylic acids is 2. The Labute approximate surface area is 133 Å². The lowest BCUT2D eigenvalue weighted by molar-refractivity contribution is 0.0586. The third-order valence-electron chi connectivity index (χ3n) is 3.16. The van der Waals surface area contributed by atoms with Crippen LogP contribution < -0.4 is 4.74 Å². The van der Waals surface area contributed by atoms with Crippen LogP contribution in [0.1, 0.15) is 37.5 Å². The van der Waals surface area contributed by atoms with Crippen LogP contribution in [0, 0.1) is 25.2 Å². The molecule has 0 amide bonds. The molecule has 1 aromatic carbocycles. The lowest BCUT2D eigenvalue weighted by atomic mass is 10.1. The van der Waals surface area contributed by atoms with E-state index in [1.165, 1.54) is 19.2 Å². The Bertz CT molecular complexity index is 822. The van der Waals surface area contributed by atoms with Gasteiger partial charge in [-0.3, -0.25) is 0 Å². The zero-order valence-electron chi connectivity index (χ0n) is 12.9. The van der Waals surface area contributed by atoms with Gasteiger partial charge in [0.1, 0.15) is 11.6 Å². The summed E-state index contributed by atoms with van der Waals surface area (Å²) in [5.74, 6) is -1.50. The van der Waals surface area contributed by atoms with Gasteiger partial charge in [0.05, 0.1) is 18.2 Å². The number of hydrogen-bond acceptors (Lipinski definition) is 6. The highest BCUT2D eigenvalue weighted by Gasteiger charge is 2.21. The highest BCUT2D eigenvalue weighted by atomic mass is 16.5. The first-order valence-electron chi connectivity index (χ1n) is 6.75. The average Bonchev–Trinajstić information content (AvgIpc) is 2.53. The second-order valence-electron chi connectivity index (χ2n) is 4.80. The highest BCUT2D eigenvalue weighted by molar-refractivity contribution is 6.03. The highest BCUT2D eigenvalue weighted by Crippen LogP contribution is 2.22. The SMILES string of the molecule is COC(=O)c1ccccc1C(=O)Oc1nc(C)cc(C)c1C#N. The van der Waals surface area contributed by atoms with Crippen LogP contribution in [0.15, 0.2) is 30.3 Å². The molecule has 0 N–H and O–H groups in total. The van der Waals surface area contributed by atoms with Crippen LogP contribution in [-0.4, -0.2) is 24.0 Å². The number of methoxy groups -OCH3 is 1. The fourth-order valence-corrected chi connectivity index (χ4v) is 2.10. The number of rotatable bonds is 3. The van der Waals surface area contributed by atoms with Gasteiger partial charge in [0.25, 0.3) is 0 Å². The van der Waals surface area contributed by atoms with E-state index < -0.39 is 11.9 Å². The minimum absolute atomic E-state index is 0.0456. The predicted octanol–water partition coefficient (Wildman–Crippen LogP) is 2.58. The van der Waals surface area contributed by atoms with Crippen LogP contribution in [-0.2, 0) is 4.74 Å². The van der Waals surface area contributed by atoms with Crippen molar-refractivity contribution in [1.29, 1.82) is 5.26 Å². The van der Waals surface area contributed by atoms with E-state index in [0.717, 1.165) is 0 Å². The maximum absolute atomic E-state index is 12.4. The monoisotopic (exact) mass is 310 g/mol. The van der Waals surface area contributed by atoms with Crippen molar-refractivity contribution in [2.75, 3.05) is 7.11 Å². The van der Waals surface area contributed by atoms with Crippen molar-refractivity contribution in [1.82, 2.24) is 4.98 Å². The zero-order valence-corrected chi connectivity index (χ0v) is 12.9. The smallest absolute Gasteiger partial charge is 0.345 e. The van der Waals surface area contributed by atoms with Crippen LogP contribution in [0.4, 0.5) is 0 Å². The molecule has 6 nitrogen and oxygen atoms in total. The second-order valence-corrected chi connectivity index (χ2v) is 4.80. The summed E-state index contributed by atoms with van der Waals surface area (Å²) in [6.45, 7) is 3.46. The summed E-state index contributed by atoms with van der Waals surface area (Å²) < 4.78 is 9.88. The third kappa shape index (κ3) is 3.35. The number of nitriles is 1. The second kappa shape index (κ2) is 6.71. The number of nitrogens with zero attached hydrogens (tertiary/aromatic N) is 2. The first-order chi connectivity index (χ1) is 11.0. The van der Waals surface area contributed by atoms with Crippen molar-refractivity contribution in [2.45, 2.75) is 13.8 Å². The maximum atomic E-state index is 12.4. The van der Waals surface area contributed by atoms with E-state index >= 15 is 0 Å². The fraction of sp³-hybridized carbons (Fsp3) is 0.176. The third-order valence-corrected chi connectivity index (χ3v) is 3.16. The molecular weight excluding hydrogens is 296 g/mol. The molecule has 116 valence electrons. The number of esters is 2. The number of ether oxygens (including phenoxy) is 2. The normalized spacial score (nSPS) is 9.83. The molecule has 0 fully saturated rings. The minimum atomic E-state index is -0.778. The Morgan fingerprint density at radius 2 is 1.74 bits per heavy atom. The van der Waals surface area contributed by atoms with Gasteiger partial charge in [0.15, 0.2) is 0 Å². The Morgan fingerprint density at radius 1 is 1.13 bits per heavy atom. The van der Waals surface area contributed by atoms with Gasteiger partial charge >= 0.3 is 11.9 Å². The van der Waals surface area contributed by atoms with Gasteiger partial charge < -0.3 is 9.47 Å². The van der Waals surface area contributed by atoms with Gasteiger partial charge in [-0.15, -0.1) is 0 Å². The van der Waals surface area contributed by atoms with Gasteiger partial charge in [-0.2, -0.15) is 5.26 Å². The number of hydrogen-bond donors (Lipinski definition) is 0. The van der Waals surface area contributed by atoms with Crippen LogP contribution in [0.25, 0.3) is 0 Å². The number of aryl methyl sites for hydroxylation is 2. The van der Waals surface area contributed by atoms with Gasteiger partial charge in [-0.05, 0) is 37.6 Å². The summed E-state index contributed by atoms with van der Waals surface area (Å²) in [6.07, 6.45) is 0. The molecule has 0 saturated heterocycles. The zero-order chi connectivity index (χ0) is 17.0. The predicted molar refractivity (Wildman–Crippen MR) is 81.2 cm³/mol. The van der Waals surface area contributed by atoms with E-state index in [9.17, 15) is 14.9 Å². The maximum Gasteiger partial charge on any atom is 0.345 e. The summed E-state index contributed by atoms with van der Waals surface area (Å²) >= 11 is 0. The van der Waals surface area contributed by atoms with Gasteiger partial charge in [0.2, 0.25) is 5.88 Å². The van der Waals surface area contributed by atoms with Crippen molar-refractivity contribution in [2.24, 2.45) is 0 Å². The topological polar surface area (TPSA) is 89.3 Å². The van der Waals surface area contributed by atoms with Crippen LogP contribution in [0.3, 0.4) is 0 Å². The Kier molecular flexibility index (Phi) is 4.72. The molecule has 0 saturated carbocycles. The van der Waals surface area contributed by atoms with Crippen LogP contribution >= 0.6 is 0 Å². The first kappa shape index (κ1) is 16.2. The molecule has 0 bridgehead atoms. The van der Waals surface area contributed by atoms with Crippen molar-refractivity contribution >= 4 is 11.9 Å². The molecular formula is C17H14N2O4. The molecule has 0 radical (unpaired) electrons. The van der Waals surface area contributed by atoms with Gasteiger partial charge in [-0.25, -0.2) is 14.6 Å². The first-order valence-corrected chi connectivity index (χ1v) is 6.75. The fourth-order valence-electron chi connectivity index (χ4n) is 2.10. The van der Waals surface area contributed by atoms with E-state index in [2.05, 4.69) is 9.72 Å². The Morgan fingerprint density at radius 3 is 2.30 bits per heavy atom. The number of benzene rings is 1. The lowest BCUT2D eigenvalue weighted by Gasteiger charge is -2.10. The number of pyridine rings is 1. The molecule has 6 heteroatoms. The molecule has 1 heterocycles. The molecule has 2 aromatic rings. The summed E-state index contributed by atoms with van der Waals surface area (Å²) in [4.78, 5) is 28.2.